The number of hydrogen-bond donors (Lipinski definition) is 2. The Hall–Kier alpha value is 0.500. The lowest BCUT2D eigenvalue weighted by Crippen LogP contribution is -2.20. The number of hydrogen-bond acceptors (Lipinski definition) is 2. The lowest BCUT2D eigenvalue weighted by atomic mass is 10.1. The van der Waals surface area contributed by atoms with Gasteiger partial charge in [0.1, 0.15) is 0 Å². The molecule has 78 valence electrons. The maximum Gasteiger partial charge on any atom is -0.00369 e. The molecule has 12 heavy (non-hydrogen) atoms. The summed E-state index contributed by atoms with van der Waals surface area (Å²) < 4.78 is 0. The van der Waals surface area contributed by atoms with Gasteiger partial charge in [-0.05, 0) is 38.4 Å². The first-order valence-electron chi connectivity index (χ1n) is 4.18. The molecule has 0 fully saturated rings. The molecular formula is C8H22Cl2N2. The minimum Gasteiger partial charge on any atom is -0.330 e. The molecule has 2 nitrogen and oxygen atoms in total. The third-order valence-corrected chi connectivity index (χ3v) is 1.46. The summed E-state index contributed by atoms with van der Waals surface area (Å²) in [6, 6.07) is 0. The Bertz CT molecular complexity index is 70.1. The quantitative estimate of drug-likeness (QED) is 0.666. The minimum atomic E-state index is 0. The molecule has 0 aromatic carbocycles. The first kappa shape index (κ1) is 18.3. The highest BCUT2D eigenvalue weighted by atomic mass is 35.5. The van der Waals surface area contributed by atoms with Crippen LogP contribution in [0.25, 0.3) is 0 Å². The second kappa shape index (κ2) is 14.0. The summed E-state index contributed by atoms with van der Waals surface area (Å²) in [5, 5.41) is 3.34. The summed E-state index contributed by atoms with van der Waals surface area (Å²) in [6.45, 7) is 7.49. The van der Waals surface area contributed by atoms with Crippen LogP contribution in [-0.2, 0) is 0 Å². The van der Waals surface area contributed by atoms with Gasteiger partial charge in [-0.2, -0.15) is 0 Å². The zero-order valence-corrected chi connectivity index (χ0v) is 9.64. The molecule has 0 radical (unpaired) electrons. The van der Waals surface area contributed by atoms with Crippen molar-refractivity contribution >= 4 is 24.8 Å². The number of rotatable bonds is 6. The maximum absolute atomic E-state index is 5.33. The van der Waals surface area contributed by atoms with Crippen LogP contribution in [0.4, 0.5) is 0 Å². The van der Waals surface area contributed by atoms with Crippen molar-refractivity contribution in [3.8, 4) is 0 Å². The summed E-state index contributed by atoms with van der Waals surface area (Å²) >= 11 is 0. The molecule has 0 saturated heterocycles. The monoisotopic (exact) mass is 216 g/mol. The smallest absolute Gasteiger partial charge is 0.00369 e. The number of halogens is 2. The molecule has 4 heteroatoms. The van der Waals surface area contributed by atoms with Crippen molar-refractivity contribution in [3.05, 3.63) is 0 Å². The van der Waals surface area contributed by atoms with Gasteiger partial charge in [0.15, 0.2) is 0 Å². The van der Waals surface area contributed by atoms with Gasteiger partial charge in [0.05, 0.1) is 0 Å². The van der Waals surface area contributed by atoms with Crippen molar-refractivity contribution < 1.29 is 0 Å². The molecule has 0 aliphatic rings. The van der Waals surface area contributed by atoms with E-state index in [2.05, 4.69) is 19.2 Å². The van der Waals surface area contributed by atoms with E-state index < -0.39 is 0 Å². The SMILES string of the molecule is CC(C)CCNCCCN.Cl.Cl. The predicted molar refractivity (Wildman–Crippen MR) is 60.5 cm³/mol. The van der Waals surface area contributed by atoms with Gasteiger partial charge in [-0.1, -0.05) is 13.8 Å². The molecule has 0 aromatic rings. The molecule has 3 N–H and O–H groups in total. The summed E-state index contributed by atoms with van der Waals surface area (Å²) in [4.78, 5) is 0. The number of nitrogens with two attached hydrogens (primary N) is 1. The summed E-state index contributed by atoms with van der Waals surface area (Å²) in [7, 11) is 0. The van der Waals surface area contributed by atoms with Crippen molar-refractivity contribution in [2.75, 3.05) is 19.6 Å². The Labute approximate surface area is 88.5 Å². The van der Waals surface area contributed by atoms with E-state index >= 15 is 0 Å². The molecule has 0 amide bonds. The van der Waals surface area contributed by atoms with Gasteiger partial charge in [-0.15, -0.1) is 24.8 Å². The zero-order chi connectivity index (χ0) is 7.82. The Morgan fingerprint density at radius 3 is 2.17 bits per heavy atom. The molecular weight excluding hydrogens is 195 g/mol. The van der Waals surface area contributed by atoms with E-state index in [4.69, 9.17) is 5.73 Å². The van der Waals surface area contributed by atoms with Gasteiger partial charge >= 0.3 is 0 Å². The maximum atomic E-state index is 5.33. The molecule has 0 aromatic heterocycles. The highest BCUT2D eigenvalue weighted by Gasteiger charge is 1.91. The van der Waals surface area contributed by atoms with Crippen molar-refractivity contribution in [3.63, 3.8) is 0 Å². The first-order chi connectivity index (χ1) is 4.77. The standard InChI is InChI=1S/C8H20N2.2ClH/c1-8(2)4-7-10-6-3-5-9;;/h8,10H,3-7,9H2,1-2H3;2*1H. The molecule has 0 atom stereocenters. The molecule has 0 heterocycles. The van der Waals surface area contributed by atoms with Crippen molar-refractivity contribution in [1.29, 1.82) is 0 Å². The van der Waals surface area contributed by atoms with E-state index in [1.165, 1.54) is 6.42 Å². The van der Waals surface area contributed by atoms with Crippen molar-refractivity contribution in [1.82, 2.24) is 5.32 Å². The van der Waals surface area contributed by atoms with Crippen LogP contribution in [0, 0.1) is 5.92 Å². The van der Waals surface area contributed by atoms with Crippen molar-refractivity contribution in [2.24, 2.45) is 11.7 Å². The summed E-state index contributed by atoms with van der Waals surface area (Å²) in [6.07, 6.45) is 2.36. The summed E-state index contributed by atoms with van der Waals surface area (Å²) in [5.74, 6) is 0.811. The van der Waals surface area contributed by atoms with Crippen molar-refractivity contribution in [2.45, 2.75) is 26.7 Å². The highest BCUT2D eigenvalue weighted by molar-refractivity contribution is 5.85. The van der Waals surface area contributed by atoms with E-state index in [1.807, 2.05) is 0 Å². The van der Waals surface area contributed by atoms with Crippen LogP contribution in [0.2, 0.25) is 0 Å². The van der Waals surface area contributed by atoms with E-state index in [9.17, 15) is 0 Å². The largest absolute Gasteiger partial charge is 0.330 e. The fraction of sp³-hybridized carbons (Fsp3) is 1.00. The Kier molecular flexibility index (Phi) is 21.4. The predicted octanol–water partition coefficient (Wildman–Crippen LogP) is 1.81. The molecule has 0 rings (SSSR count). The lowest BCUT2D eigenvalue weighted by molar-refractivity contribution is 0.533. The third kappa shape index (κ3) is 16.8. The van der Waals surface area contributed by atoms with Crippen LogP contribution in [0.15, 0.2) is 0 Å². The van der Waals surface area contributed by atoms with Crippen LogP contribution in [0.1, 0.15) is 26.7 Å². The fourth-order valence-electron chi connectivity index (χ4n) is 0.743. The molecule has 0 aliphatic carbocycles. The molecule has 0 bridgehead atoms. The van der Waals surface area contributed by atoms with Crippen LogP contribution < -0.4 is 11.1 Å². The highest BCUT2D eigenvalue weighted by Crippen LogP contribution is 1.95. The van der Waals surface area contributed by atoms with Gasteiger partial charge in [-0.3, -0.25) is 0 Å². The van der Waals surface area contributed by atoms with Gasteiger partial charge in [0.25, 0.3) is 0 Å². The number of nitrogens with one attached hydrogen (secondary N) is 1. The Morgan fingerprint density at radius 1 is 1.17 bits per heavy atom. The molecule has 0 unspecified atom stereocenters. The molecule has 0 spiro atoms. The average Bonchev–Trinajstić information content (AvgIpc) is 1.87. The topological polar surface area (TPSA) is 38.0 Å². The average molecular weight is 217 g/mol. The molecule has 0 saturated carbocycles. The van der Waals surface area contributed by atoms with Crippen LogP contribution >= 0.6 is 24.8 Å². The Balaban J connectivity index is -0.000000405. The lowest BCUT2D eigenvalue weighted by Gasteiger charge is -2.05. The second-order valence-electron chi connectivity index (χ2n) is 3.07. The summed E-state index contributed by atoms with van der Waals surface area (Å²) in [5.41, 5.74) is 5.33. The van der Waals surface area contributed by atoms with Gasteiger partial charge in [0.2, 0.25) is 0 Å². The van der Waals surface area contributed by atoms with E-state index in [0.717, 1.165) is 32.0 Å². The van der Waals surface area contributed by atoms with Crippen LogP contribution in [0.3, 0.4) is 0 Å². The van der Waals surface area contributed by atoms with E-state index in [0.29, 0.717) is 0 Å². The fourth-order valence-corrected chi connectivity index (χ4v) is 0.743. The third-order valence-electron chi connectivity index (χ3n) is 1.46. The van der Waals surface area contributed by atoms with E-state index in [-0.39, 0.29) is 24.8 Å². The Morgan fingerprint density at radius 2 is 1.75 bits per heavy atom. The van der Waals surface area contributed by atoms with E-state index in [1.54, 1.807) is 0 Å². The van der Waals surface area contributed by atoms with Crippen LogP contribution in [0.5, 0.6) is 0 Å². The second-order valence-corrected chi connectivity index (χ2v) is 3.07. The van der Waals surface area contributed by atoms with Gasteiger partial charge < -0.3 is 11.1 Å². The normalized spacial score (nSPS) is 9.00. The zero-order valence-electron chi connectivity index (χ0n) is 8.01. The minimum absolute atomic E-state index is 0. The molecule has 0 aliphatic heterocycles. The first-order valence-corrected chi connectivity index (χ1v) is 4.18. The van der Waals surface area contributed by atoms with Crippen LogP contribution in [-0.4, -0.2) is 19.6 Å². The van der Waals surface area contributed by atoms with Gasteiger partial charge in [0, 0.05) is 0 Å². The van der Waals surface area contributed by atoms with Gasteiger partial charge in [-0.25, -0.2) is 0 Å².